The monoisotopic (exact) mass is 446 g/mol. The number of hydrogen-bond acceptors (Lipinski definition) is 4. The molecule has 0 fully saturated rings. The molecule has 0 unspecified atom stereocenters. The van der Waals surface area contributed by atoms with Gasteiger partial charge in [0.1, 0.15) is 0 Å². The van der Waals surface area contributed by atoms with Crippen LogP contribution in [0.5, 0.6) is 11.5 Å². The fourth-order valence-electron chi connectivity index (χ4n) is 3.60. The van der Waals surface area contributed by atoms with Crippen LogP contribution in [0.3, 0.4) is 0 Å². The molecule has 2 amide bonds. The van der Waals surface area contributed by atoms with Crippen molar-refractivity contribution < 1.29 is 19.1 Å². The number of carbonyl (C=O) groups is 2. The number of anilines is 2. The van der Waals surface area contributed by atoms with E-state index in [1.54, 1.807) is 19.1 Å². The third-order valence-corrected chi connectivity index (χ3v) is 5.37. The van der Waals surface area contributed by atoms with Crippen molar-refractivity contribution in [2.24, 2.45) is 0 Å². The Bertz CT molecular complexity index is 1070. The zero-order valence-electron chi connectivity index (χ0n) is 19.3. The Morgan fingerprint density at radius 2 is 1.52 bits per heavy atom. The maximum atomic E-state index is 12.8. The number of ether oxygens (including phenoxy) is 2. The van der Waals surface area contributed by atoms with Crippen molar-refractivity contribution in [1.82, 2.24) is 0 Å². The molecular weight excluding hydrogens is 416 g/mol. The molecule has 1 N–H and O–H groups in total. The van der Waals surface area contributed by atoms with Crippen molar-refractivity contribution in [1.29, 1.82) is 0 Å². The van der Waals surface area contributed by atoms with Crippen molar-refractivity contribution in [2.45, 2.75) is 26.2 Å². The molecule has 172 valence electrons. The highest BCUT2D eigenvalue weighted by molar-refractivity contribution is 5.95. The summed E-state index contributed by atoms with van der Waals surface area (Å²) in [4.78, 5) is 26.9. The van der Waals surface area contributed by atoms with E-state index in [1.807, 2.05) is 79.7 Å². The molecule has 0 atom stereocenters. The van der Waals surface area contributed by atoms with Crippen LogP contribution in [0.25, 0.3) is 0 Å². The number of aryl methyl sites for hydroxylation is 1. The van der Waals surface area contributed by atoms with Gasteiger partial charge in [-0.15, -0.1) is 0 Å². The van der Waals surface area contributed by atoms with Gasteiger partial charge in [0.2, 0.25) is 11.8 Å². The van der Waals surface area contributed by atoms with E-state index in [2.05, 4.69) is 5.32 Å². The van der Waals surface area contributed by atoms with E-state index in [1.165, 1.54) is 0 Å². The van der Waals surface area contributed by atoms with Crippen molar-refractivity contribution in [3.8, 4) is 11.5 Å². The first-order chi connectivity index (χ1) is 16.0. The summed E-state index contributed by atoms with van der Waals surface area (Å²) in [5.74, 6) is 1.27. The summed E-state index contributed by atoms with van der Waals surface area (Å²) >= 11 is 0. The van der Waals surface area contributed by atoms with Gasteiger partial charge in [0.05, 0.1) is 20.6 Å². The number of carbonyl (C=O) groups excluding carboxylic acids is 2. The van der Waals surface area contributed by atoms with Crippen molar-refractivity contribution in [3.63, 3.8) is 0 Å². The van der Waals surface area contributed by atoms with Gasteiger partial charge < -0.3 is 19.7 Å². The number of benzene rings is 3. The minimum Gasteiger partial charge on any atom is -0.493 e. The number of hydrogen-bond donors (Lipinski definition) is 1. The average Bonchev–Trinajstić information content (AvgIpc) is 2.85. The van der Waals surface area contributed by atoms with Gasteiger partial charge in [-0.1, -0.05) is 36.4 Å². The lowest BCUT2D eigenvalue weighted by atomic mass is 10.1. The van der Waals surface area contributed by atoms with Crippen molar-refractivity contribution >= 4 is 23.2 Å². The van der Waals surface area contributed by atoms with Crippen LogP contribution < -0.4 is 19.7 Å². The molecule has 0 aliphatic carbocycles. The zero-order chi connectivity index (χ0) is 23.6. The SMILES string of the molecule is CCN(C(=O)Cc1ccc(NC(=O)CCc2ccc(OC)c(OC)c2)cc1)c1ccccc1. The Hall–Kier alpha value is -3.80. The summed E-state index contributed by atoms with van der Waals surface area (Å²) < 4.78 is 10.6. The Morgan fingerprint density at radius 1 is 0.848 bits per heavy atom. The van der Waals surface area contributed by atoms with Gasteiger partial charge in [-0.2, -0.15) is 0 Å². The van der Waals surface area contributed by atoms with Gasteiger partial charge >= 0.3 is 0 Å². The standard InChI is InChI=1S/C27H30N2O4/c1-4-29(23-8-6-5-7-9-23)27(31)19-21-10-14-22(15-11-21)28-26(30)17-13-20-12-16-24(32-2)25(18-20)33-3/h5-12,14-16,18H,4,13,17,19H2,1-3H3,(H,28,30). The van der Waals surface area contributed by atoms with Crippen molar-refractivity contribution in [2.75, 3.05) is 31.0 Å². The topological polar surface area (TPSA) is 67.9 Å². The highest BCUT2D eigenvalue weighted by atomic mass is 16.5. The minimum absolute atomic E-state index is 0.0374. The molecule has 3 rings (SSSR count). The second kappa shape index (κ2) is 11.7. The number of nitrogens with zero attached hydrogens (tertiary/aromatic N) is 1. The van der Waals surface area contributed by atoms with Crippen LogP contribution in [0.4, 0.5) is 11.4 Å². The molecule has 0 aliphatic rings. The number of para-hydroxylation sites is 1. The molecule has 3 aromatic carbocycles. The molecule has 0 aromatic heterocycles. The normalized spacial score (nSPS) is 10.4. The molecule has 0 bridgehead atoms. The first-order valence-corrected chi connectivity index (χ1v) is 11.0. The lowest BCUT2D eigenvalue weighted by Crippen LogP contribution is -2.31. The summed E-state index contributed by atoms with van der Waals surface area (Å²) in [5.41, 5.74) is 3.50. The quantitative estimate of drug-likeness (QED) is 0.482. The molecule has 0 radical (unpaired) electrons. The predicted octanol–water partition coefficient (Wildman–Crippen LogP) is 4.87. The third kappa shape index (κ3) is 6.59. The minimum atomic E-state index is -0.0742. The summed E-state index contributed by atoms with van der Waals surface area (Å²) in [7, 11) is 3.18. The van der Waals surface area contributed by atoms with Crippen LogP contribution in [0.2, 0.25) is 0 Å². The summed E-state index contributed by atoms with van der Waals surface area (Å²) in [5, 5.41) is 2.91. The van der Waals surface area contributed by atoms with Crippen LogP contribution >= 0.6 is 0 Å². The molecular formula is C27H30N2O4. The smallest absolute Gasteiger partial charge is 0.231 e. The largest absolute Gasteiger partial charge is 0.493 e. The molecule has 0 heterocycles. The first-order valence-electron chi connectivity index (χ1n) is 11.0. The van der Waals surface area contributed by atoms with Gasteiger partial charge in [0, 0.05) is 24.3 Å². The molecule has 0 saturated heterocycles. The van der Waals surface area contributed by atoms with E-state index in [9.17, 15) is 9.59 Å². The molecule has 6 nitrogen and oxygen atoms in total. The van der Waals surface area contributed by atoms with E-state index in [-0.39, 0.29) is 11.8 Å². The second-order valence-electron chi connectivity index (χ2n) is 7.58. The summed E-state index contributed by atoms with van der Waals surface area (Å²) in [6, 6.07) is 22.7. The molecule has 3 aromatic rings. The van der Waals surface area contributed by atoms with Crippen LogP contribution in [0.15, 0.2) is 72.8 Å². The predicted molar refractivity (Wildman–Crippen MR) is 131 cm³/mol. The van der Waals surface area contributed by atoms with E-state index >= 15 is 0 Å². The van der Waals surface area contributed by atoms with Gasteiger partial charge in [-0.3, -0.25) is 9.59 Å². The Morgan fingerprint density at radius 3 is 2.15 bits per heavy atom. The average molecular weight is 447 g/mol. The number of rotatable bonds is 10. The van der Waals surface area contributed by atoms with Gasteiger partial charge in [-0.05, 0) is 60.9 Å². The number of methoxy groups -OCH3 is 2. The Balaban J connectivity index is 1.52. The van der Waals surface area contributed by atoms with Crippen LogP contribution in [0, 0.1) is 0 Å². The summed E-state index contributed by atoms with van der Waals surface area (Å²) in [6.07, 6.45) is 1.24. The van der Waals surface area contributed by atoms with Gasteiger partial charge in [-0.25, -0.2) is 0 Å². The molecule has 6 heteroatoms. The second-order valence-corrected chi connectivity index (χ2v) is 7.58. The Labute approximate surface area is 195 Å². The molecule has 0 saturated carbocycles. The fourth-order valence-corrected chi connectivity index (χ4v) is 3.60. The zero-order valence-corrected chi connectivity index (χ0v) is 19.3. The fraction of sp³-hybridized carbons (Fsp3) is 0.259. The number of likely N-dealkylation sites (N-methyl/N-ethyl adjacent to an activating group) is 1. The summed E-state index contributed by atoms with van der Waals surface area (Å²) in [6.45, 7) is 2.57. The lowest BCUT2D eigenvalue weighted by Gasteiger charge is -2.21. The molecule has 33 heavy (non-hydrogen) atoms. The number of nitrogens with one attached hydrogen (secondary N) is 1. The van der Waals surface area contributed by atoms with E-state index in [4.69, 9.17) is 9.47 Å². The van der Waals surface area contributed by atoms with E-state index in [0.29, 0.717) is 43.0 Å². The number of amides is 2. The van der Waals surface area contributed by atoms with Gasteiger partial charge in [0.15, 0.2) is 11.5 Å². The lowest BCUT2D eigenvalue weighted by molar-refractivity contribution is -0.118. The van der Waals surface area contributed by atoms with E-state index in [0.717, 1.165) is 16.8 Å². The Kier molecular flexibility index (Phi) is 8.47. The first kappa shape index (κ1) is 23.9. The van der Waals surface area contributed by atoms with Gasteiger partial charge in [0.25, 0.3) is 0 Å². The molecule has 0 spiro atoms. The van der Waals surface area contributed by atoms with E-state index < -0.39 is 0 Å². The van der Waals surface area contributed by atoms with Crippen molar-refractivity contribution in [3.05, 3.63) is 83.9 Å². The highest BCUT2D eigenvalue weighted by Gasteiger charge is 2.14. The van der Waals surface area contributed by atoms with Crippen LogP contribution in [0.1, 0.15) is 24.5 Å². The van der Waals surface area contributed by atoms with Crippen LogP contribution in [-0.4, -0.2) is 32.6 Å². The van der Waals surface area contributed by atoms with Crippen LogP contribution in [-0.2, 0) is 22.4 Å². The maximum Gasteiger partial charge on any atom is 0.231 e. The molecule has 0 aliphatic heterocycles. The highest BCUT2D eigenvalue weighted by Crippen LogP contribution is 2.28. The maximum absolute atomic E-state index is 12.8. The third-order valence-electron chi connectivity index (χ3n) is 5.37.